The van der Waals surface area contributed by atoms with Crippen LogP contribution in [0.1, 0.15) is 63.3 Å². The van der Waals surface area contributed by atoms with E-state index in [-0.39, 0.29) is 11.6 Å². The van der Waals surface area contributed by atoms with Gasteiger partial charge in [0, 0.05) is 13.1 Å². The zero-order valence-electron chi connectivity index (χ0n) is 10.5. The molecule has 0 saturated carbocycles. The molecule has 0 fully saturated rings. The van der Waals surface area contributed by atoms with Crippen LogP contribution in [0.15, 0.2) is 12.3 Å². The van der Waals surface area contributed by atoms with Crippen molar-refractivity contribution >= 4 is 0 Å². The molecule has 0 unspecified atom stereocenters. The molecule has 0 aliphatic rings. The summed E-state index contributed by atoms with van der Waals surface area (Å²) in [6.07, 6.45) is 1.56. The second-order valence-corrected chi connectivity index (χ2v) is 4.90. The zero-order chi connectivity index (χ0) is 12.5. The summed E-state index contributed by atoms with van der Waals surface area (Å²) in [7, 11) is 0. The van der Waals surface area contributed by atoms with Crippen molar-refractivity contribution in [1.29, 1.82) is 0 Å². The molecule has 0 aliphatic heterocycles. The van der Waals surface area contributed by atoms with Gasteiger partial charge in [-0.15, -0.1) is 0 Å². The summed E-state index contributed by atoms with van der Waals surface area (Å²) in [6.45, 7) is 8.79. The summed E-state index contributed by atoms with van der Waals surface area (Å²) < 4.78 is 26.7. The molecule has 0 bridgehead atoms. The lowest BCUT2D eigenvalue weighted by Crippen LogP contribution is -2.15. The lowest BCUT2D eigenvalue weighted by molar-refractivity contribution is 0.0115. The Balaban J connectivity index is 3.31. The second-order valence-electron chi connectivity index (χ2n) is 4.90. The van der Waals surface area contributed by atoms with Crippen molar-refractivity contribution in [2.45, 2.75) is 52.4 Å². The minimum absolute atomic E-state index is 0.0621. The van der Waals surface area contributed by atoms with Crippen molar-refractivity contribution in [3.63, 3.8) is 0 Å². The predicted octanol–water partition coefficient (Wildman–Crippen LogP) is 4.44. The minimum atomic E-state index is -2.87. The van der Waals surface area contributed by atoms with E-state index in [0.29, 0.717) is 11.5 Å². The molecule has 16 heavy (non-hydrogen) atoms. The summed E-state index contributed by atoms with van der Waals surface area (Å²) in [5.41, 5.74) is 1.57. The molecular weight excluding hydrogens is 208 g/mol. The highest BCUT2D eigenvalue weighted by Crippen LogP contribution is 2.33. The van der Waals surface area contributed by atoms with Crippen LogP contribution in [0.4, 0.5) is 8.78 Å². The first kappa shape index (κ1) is 13.1. The summed E-state index contributed by atoms with van der Waals surface area (Å²) in [5, 5.41) is 0. The normalized spacial score (nSPS) is 12.6. The fourth-order valence-electron chi connectivity index (χ4n) is 1.62. The quantitative estimate of drug-likeness (QED) is 0.743. The van der Waals surface area contributed by atoms with Crippen LogP contribution in [0.3, 0.4) is 0 Å². The van der Waals surface area contributed by atoms with Gasteiger partial charge in [0.2, 0.25) is 0 Å². The maximum Gasteiger partial charge on any atom is 0.287 e. The summed E-state index contributed by atoms with van der Waals surface area (Å²) in [6, 6.07) is 1.86. The molecule has 0 amide bonds. The van der Waals surface area contributed by atoms with Gasteiger partial charge in [-0.3, -0.25) is 4.98 Å². The van der Waals surface area contributed by atoms with Crippen LogP contribution in [0.25, 0.3) is 0 Å². The lowest BCUT2D eigenvalue weighted by atomic mass is 9.94. The van der Waals surface area contributed by atoms with Gasteiger partial charge < -0.3 is 0 Å². The number of halogens is 2. The van der Waals surface area contributed by atoms with Crippen LogP contribution >= 0.6 is 0 Å². The largest absolute Gasteiger partial charge is 0.287 e. The van der Waals surface area contributed by atoms with E-state index in [0.717, 1.165) is 12.5 Å². The van der Waals surface area contributed by atoms with Gasteiger partial charge >= 0.3 is 0 Å². The number of hydrogen-bond donors (Lipinski definition) is 0. The van der Waals surface area contributed by atoms with Crippen LogP contribution in [-0.2, 0) is 5.92 Å². The molecule has 0 radical (unpaired) electrons. The van der Waals surface area contributed by atoms with Gasteiger partial charge in [-0.2, -0.15) is 8.78 Å². The first-order chi connectivity index (χ1) is 7.23. The monoisotopic (exact) mass is 227 g/mol. The zero-order valence-corrected chi connectivity index (χ0v) is 10.5. The SMILES string of the molecule is CC(C)c1cnc(C(C)(F)F)c(C(C)C)c1. The average Bonchev–Trinajstić information content (AvgIpc) is 2.15. The fraction of sp³-hybridized carbons (Fsp3) is 0.615. The van der Waals surface area contributed by atoms with Crippen LogP contribution in [0.5, 0.6) is 0 Å². The third-order valence-corrected chi connectivity index (χ3v) is 2.64. The van der Waals surface area contributed by atoms with E-state index < -0.39 is 5.92 Å². The van der Waals surface area contributed by atoms with Gasteiger partial charge in [-0.05, 0) is 23.0 Å². The number of alkyl halides is 2. The number of hydrogen-bond acceptors (Lipinski definition) is 1. The van der Waals surface area contributed by atoms with Gasteiger partial charge in [0.25, 0.3) is 5.92 Å². The van der Waals surface area contributed by atoms with Gasteiger partial charge in [0.15, 0.2) is 0 Å². The highest BCUT2D eigenvalue weighted by molar-refractivity contribution is 5.31. The number of nitrogens with zero attached hydrogens (tertiary/aromatic N) is 1. The predicted molar refractivity (Wildman–Crippen MR) is 62.0 cm³/mol. The molecule has 0 atom stereocenters. The maximum absolute atomic E-state index is 13.3. The van der Waals surface area contributed by atoms with Crippen molar-refractivity contribution in [3.8, 4) is 0 Å². The molecule has 0 aromatic carbocycles. The molecule has 0 aliphatic carbocycles. The Morgan fingerprint density at radius 2 is 1.69 bits per heavy atom. The van der Waals surface area contributed by atoms with E-state index in [1.165, 1.54) is 0 Å². The molecule has 1 nitrogen and oxygen atoms in total. The molecule has 90 valence electrons. The third-order valence-electron chi connectivity index (χ3n) is 2.64. The smallest absolute Gasteiger partial charge is 0.254 e. The van der Waals surface area contributed by atoms with Crippen molar-refractivity contribution in [3.05, 3.63) is 29.1 Å². The summed E-state index contributed by atoms with van der Waals surface area (Å²) in [5.74, 6) is -2.49. The first-order valence-corrected chi connectivity index (χ1v) is 5.61. The van der Waals surface area contributed by atoms with Crippen molar-refractivity contribution in [2.75, 3.05) is 0 Å². The van der Waals surface area contributed by atoms with Crippen molar-refractivity contribution in [1.82, 2.24) is 4.98 Å². The Hall–Kier alpha value is -0.990. The van der Waals surface area contributed by atoms with E-state index in [1.807, 2.05) is 33.8 Å². The number of rotatable bonds is 3. The Bertz CT molecular complexity index is 365. The second kappa shape index (κ2) is 4.48. The first-order valence-electron chi connectivity index (χ1n) is 5.61. The van der Waals surface area contributed by atoms with Gasteiger partial charge in [-0.1, -0.05) is 33.8 Å². The standard InChI is InChI=1S/C13H19F2N/c1-8(2)10-6-11(9(3)4)12(16-7-10)13(5,14)15/h6-9H,1-5H3. The van der Waals surface area contributed by atoms with E-state index >= 15 is 0 Å². The third kappa shape index (κ3) is 2.77. The van der Waals surface area contributed by atoms with Gasteiger partial charge in [0.05, 0.1) is 0 Å². The molecule has 0 saturated heterocycles. The van der Waals surface area contributed by atoms with E-state index in [4.69, 9.17) is 0 Å². The minimum Gasteiger partial charge on any atom is -0.254 e. The fourth-order valence-corrected chi connectivity index (χ4v) is 1.62. The average molecular weight is 227 g/mol. The molecule has 1 aromatic heterocycles. The van der Waals surface area contributed by atoms with E-state index in [9.17, 15) is 8.78 Å². The number of aromatic nitrogens is 1. The molecule has 1 heterocycles. The van der Waals surface area contributed by atoms with Crippen molar-refractivity contribution in [2.24, 2.45) is 0 Å². The van der Waals surface area contributed by atoms with Crippen LogP contribution in [0.2, 0.25) is 0 Å². The van der Waals surface area contributed by atoms with Crippen LogP contribution < -0.4 is 0 Å². The number of pyridine rings is 1. The molecule has 3 heteroatoms. The Labute approximate surface area is 95.9 Å². The molecule has 0 spiro atoms. The maximum atomic E-state index is 13.3. The van der Waals surface area contributed by atoms with Gasteiger partial charge in [0.1, 0.15) is 5.69 Å². The Kier molecular flexibility index (Phi) is 3.66. The molecule has 0 N–H and O–H groups in total. The molecular formula is C13H19F2N. The molecule has 1 aromatic rings. The summed E-state index contributed by atoms with van der Waals surface area (Å²) >= 11 is 0. The van der Waals surface area contributed by atoms with E-state index in [2.05, 4.69) is 4.98 Å². The topological polar surface area (TPSA) is 12.9 Å². The lowest BCUT2D eigenvalue weighted by Gasteiger charge is -2.19. The summed E-state index contributed by atoms with van der Waals surface area (Å²) in [4.78, 5) is 3.94. The van der Waals surface area contributed by atoms with Crippen molar-refractivity contribution < 1.29 is 8.78 Å². The van der Waals surface area contributed by atoms with Crippen LogP contribution in [0, 0.1) is 0 Å². The Morgan fingerprint density at radius 1 is 1.12 bits per heavy atom. The highest BCUT2D eigenvalue weighted by Gasteiger charge is 2.30. The Morgan fingerprint density at radius 3 is 2.06 bits per heavy atom. The van der Waals surface area contributed by atoms with Crippen LogP contribution in [-0.4, -0.2) is 4.98 Å². The highest BCUT2D eigenvalue weighted by atomic mass is 19.3. The van der Waals surface area contributed by atoms with Gasteiger partial charge in [-0.25, -0.2) is 0 Å². The molecule has 1 rings (SSSR count). The van der Waals surface area contributed by atoms with E-state index in [1.54, 1.807) is 6.20 Å².